The van der Waals surface area contributed by atoms with Crippen LogP contribution in [-0.4, -0.2) is 36.1 Å². The highest BCUT2D eigenvalue weighted by molar-refractivity contribution is 7.09. The van der Waals surface area contributed by atoms with Crippen molar-refractivity contribution in [3.8, 4) is 0 Å². The van der Waals surface area contributed by atoms with Crippen LogP contribution in [0.3, 0.4) is 0 Å². The van der Waals surface area contributed by atoms with Crippen molar-refractivity contribution in [2.75, 3.05) is 20.2 Å². The number of ether oxygens (including phenoxy) is 1. The Hall–Kier alpha value is -3.23. The van der Waals surface area contributed by atoms with Crippen LogP contribution in [0.1, 0.15) is 52.3 Å². The van der Waals surface area contributed by atoms with Crippen LogP contribution in [0.2, 0.25) is 0 Å². The first-order valence-electron chi connectivity index (χ1n) is 11.8. The molecule has 1 aromatic heterocycles. The van der Waals surface area contributed by atoms with Gasteiger partial charge in [0.15, 0.2) is 0 Å². The molecule has 3 aromatic rings. The smallest absolute Gasteiger partial charge is 0.292 e. The molecule has 1 fully saturated rings. The van der Waals surface area contributed by atoms with Crippen LogP contribution < -0.4 is 5.48 Å². The quantitative estimate of drug-likeness (QED) is 0.356. The van der Waals surface area contributed by atoms with Gasteiger partial charge in [0.05, 0.1) is 29.2 Å². The van der Waals surface area contributed by atoms with Crippen LogP contribution in [0.4, 0.5) is 10.1 Å². The second-order valence-corrected chi connectivity index (χ2v) is 9.85. The molecule has 0 saturated carbocycles. The minimum absolute atomic E-state index is 0.279. The number of methoxy groups -OCH3 is 1. The zero-order chi connectivity index (χ0) is 24.4. The summed E-state index contributed by atoms with van der Waals surface area (Å²) in [6, 6.07) is 13.6. The summed E-state index contributed by atoms with van der Waals surface area (Å²) in [7, 11) is 1.68. The lowest BCUT2D eigenvalue weighted by atomic mass is 9.98. The Bertz CT molecular complexity index is 1260. The highest BCUT2D eigenvalue weighted by atomic mass is 32.1. The lowest BCUT2D eigenvalue weighted by molar-refractivity contribution is 0.0490. The van der Waals surface area contributed by atoms with Crippen LogP contribution in [-0.2, 0) is 9.57 Å². The number of hydrogen-bond acceptors (Lipinski definition) is 6. The Labute approximate surface area is 209 Å². The number of likely N-dealkylation sites (tertiary alicyclic amines) is 1. The molecule has 2 aliphatic rings. The molecule has 3 heterocycles. The van der Waals surface area contributed by atoms with Crippen LogP contribution >= 0.6 is 11.3 Å². The molecule has 0 amide bonds. The summed E-state index contributed by atoms with van der Waals surface area (Å²) in [6.45, 7) is 5.85. The van der Waals surface area contributed by atoms with Gasteiger partial charge in [0, 0.05) is 30.0 Å². The third-order valence-electron chi connectivity index (χ3n) is 6.50. The number of aromatic nitrogens is 1. The number of thiazole rings is 1. The fourth-order valence-electron chi connectivity index (χ4n) is 4.45. The van der Waals surface area contributed by atoms with E-state index in [1.807, 2.05) is 17.5 Å². The van der Waals surface area contributed by atoms with Crippen molar-refractivity contribution in [2.24, 2.45) is 4.99 Å². The predicted molar refractivity (Wildman–Crippen MR) is 137 cm³/mol. The zero-order valence-corrected chi connectivity index (χ0v) is 20.9. The number of nitrogens with one attached hydrogen (secondary N) is 1. The average Bonchev–Trinajstić information content (AvgIpc) is 3.55. The normalized spacial score (nSPS) is 19.0. The van der Waals surface area contributed by atoms with Crippen molar-refractivity contribution in [2.45, 2.75) is 38.7 Å². The number of amidine groups is 1. The second-order valence-electron chi connectivity index (χ2n) is 8.96. The molecule has 0 aliphatic carbocycles. The minimum Gasteiger partial charge on any atom is -0.468 e. The number of hydroxylamine groups is 1. The fraction of sp³-hybridized carbons (Fsp3) is 0.333. The van der Waals surface area contributed by atoms with E-state index in [1.54, 1.807) is 30.6 Å². The van der Waals surface area contributed by atoms with Crippen molar-refractivity contribution in [1.29, 1.82) is 0 Å². The standard InChI is InChI=1S/C27H29FN4O2S/c1-17-8-9-18(2)22(14-17)30-27(33-3)32-12-10-19(11-13-32)26-29-24(16-35-26)23-15-25(34-31-23)20-6-4-5-7-21(20)28/h4-9,14-16,19,25,31H,10-13H2,1-3H3. The molecule has 1 unspecified atom stereocenters. The van der Waals surface area contributed by atoms with E-state index >= 15 is 0 Å². The van der Waals surface area contributed by atoms with Crippen molar-refractivity contribution < 1.29 is 14.0 Å². The van der Waals surface area contributed by atoms with Gasteiger partial charge in [-0.15, -0.1) is 11.3 Å². The van der Waals surface area contributed by atoms with E-state index < -0.39 is 6.10 Å². The van der Waals surface area contributed by atoms with E-state index in [0.29, 0.717) is 17.5 Å². The number of halogens is 1. The lowest BCUT2D eigenvalue weighted by Crippen LogP contribution is -2.38. The summed E-state index contributed by atoms with van der Waals surface area (Å²) in [6.07, 6.45) is 3.36. The first-order chi connectivity index (χ1) is 17.0. The van der Waals surface area contributed by atoms with E-state index in [2.05, 4.69) is 42.4 Å². The maximum absolute atomic E-state index is 14.1. The molecule has 35 heavy (non-hydrogen) atoms. The van der Waals surface area contributed by atoms with Gasteiger partial charge in [-0.1, -0.05) is 30.3 Å². The minimum atomic E-state index is -0.469. The summed E-state index contributed by atoms with van der Waals surface area (Å²) in [4.78, 5) is 17.5. The van der Waals surface area contributed by atoms with E-state index in [1.165, 1.54) is 11.6 Å². The SMILES string of the molecule is COC(=Nc1cc(C)ccc1C)N1CCC(c2nc(C3=CC(c4ccccc4F)ON3)cs2)CC1. The van der Waals surface area contributed by atoms with Gasteiger partial charge in [0.25, 0.3) is 6.02 Å². The Kier molecular flexibility index (Phi) is 6.83. The van der Waals surface area contributed by atoms with Gasteiger partial charge < -0.3 is 9.64 Å². The summed E-state index contributed by atoms with van der Waals surface area (Å²) in [5.74, 6) is 0.105. The molecule has 0 spiro atoms. The van der Waals surface area contributed by atoms with Gasteiger partial charge in [-0.3, -0.25) is 10.3 Å². The highest BCUT2D eigenvalue weighted by Gasteiger charge is 2.27. The topological polar surface area (TPSA) is 59.0 Å². The molecular weight excluding hydrogens is 463 g/mol. The van der Waals surface area contributed by atoms with Gasteiger partial charge >= 0.3 is 0 Å². The first-order valence-corrected chi connectivity index (χ1v) is 12.7. The molecule has 6 nitrogen and oxygen atoms in total. The molecule has 2 aliphatic heterocycles. The zero-order valence-electron chi connectivity index (χ0n) is 20.1. The van der Waals surface area contributed by atoms with Crippen LogP contribution in [0.5, 0.6) is 0 Å². The number of piperidine rings is 1. The predicted octanol–water partition coefficient (Wildman–Crippen LogP) is 6.03. The average molecular weight is 493 g/mol. The monoisotopic (exact) mass is 492 g/mol. The van der Waals surface area contributed by atoms with Gasteiger partial charge in [0.2, 0.25) is 0 Å². The summed E-state index contributed by atoms with van der Waals surface area (Å²) in [5.41, 5.74) is 8.30. The molecule has 0 bridgehead atoms. The largest absolute Gasteiger partial charge is 0.468 e. The molecule has 2 aromatic carbocycles. The van der Waals surface area contributed by atoms with E-state index in [-0.39, 0.29) is 5.82 Å². The number of aliphatic imine (C=N–C) groups is 1. The van der Waals surface area contributed by atoms with Crippen LogP contribution in [0, 0.1) is 19.7 Å². The number of nitrogens with zero attached hydrogens (tertiary/aromatic N) is 3. The number of aryl methyl sites for hydroxylation is 2. The molecule has 1 N–H and O–H groups in total. The van der Waals surface area contributed by atoms with Crippen molar-refractivity contribution in [3.63, 3.8) is 0 Å². The molecule has 5 rings (SSSR count). The number of rotatable bonds is 4. The fourth-order valence-corrected chi connectivity index (χ4v) is 5.44. The van der Waals surface area contributed by atoms with E-state index in [9.17, 15) is 4.39 Å². The molecule has 0 radical (unpaired) electrons. The van der Waals surface area contributed by atoms with Gasteiger partial charge in [0.1, 0.15) is 11.9 Å². The number of benzene rings is 2. The Morgan fingerprint density at radius 3 is 2.77 bits per heavy atom. The summed E-state index contributed by atoms with van der Waals surface area (Å²) >= 11 is 1.66. The van der Waals surface area contributed by atoms with E-state index in [0.717, 1.165) is 53.6 Å². The number of hydrogen-bond donors (Lipinski definition) is 1. The van der Waals surface area contributed by atoms with Crippen molar-refractivity contribution in [3.05, 3.63) is 87.1 Å². The Balaban J connectivity index is 1.24. The van der Waals surface area contributed by atoms with Crippen molar-refractivity contribution in [1.82, 2.24) is 15.4 Å². The molecule has 1 atom stereocenters. The van der Waals surface area contributed by atoms with Crippen LogP contribution in [0.25, 0.3) is 5.70 Å². The van der Waals surface area contributed by atoms with Crippen molar-refractivity contribution >= 4 is 28.7 Å². The molecular formula is C27H29FN4O2S. The maximum Gasteiger partial charge on any atom is 0.292 e. The van der Waals surface area contributed by atoms with Crippen LogP contribution in [0.15, 0.2) is 58.9 Å². The van der Waals surface area contributed by atoms with Gasteiger partial charge in [-0.25, -0.2) is 9.37 Å². The Morgan fingerprint density at radius 2 is 2.00 bits per heavy atom. The third-order valence-corrected chi connectivity index (χ3v) is 7.51. The molecule has 1 saturated heterocycles. The van der Waals surface area contributed by atoms with Gasteiger partial charge in [-0.05, 0) is 56.0 Å². The summed E-state index contributed by atoms with van der Waals surface area (Å²) < 4.78 is 19.8. The van der Waals surface area contributed by atoms with Gasteiger partial charge in [-0.2, -0.15) is 4.99 Å². The summed E-state index contributed by atoms with van der Waals surface area (Å²) in [5, 5.41) is 3.15. The molecule has 182 valence electrons. The maximum atomic E-state index is 14.1. The highest BCUT2D eigenvalue weighted by Crippen LogP contribution is 2.34. The molecule has 8 heteroatoms. The Morgan fingerprint density at radius 1 is 1.20 bits per heavy atom. The first kappa shape index (κ1) is 23.5. The second kappa shape index (κ2) is 10.2. The third kappa shape index (κ3) is 5.09. The van der Waals surface area contributed by atoms with E-state index in [4.69, 9.17) is 19.6 Å². The lowest BCUT2D eigenvalue weighted by Gasteiger charge is -2.32.